The summed E-state index contributed by atoms with van der Waals surface area (Å²) < 4.78 is 5.47. The Morgan fingerprint density at radius 2 is 1.81 bits per heavy atom. The van der Waals surface area contributed by atoms with E-state index in [2.05, 4.69) is 22.4 Å². The number of amides is 1. The van der Waals surface area contributed by atoms with Gasteiger partial charge in [-0.2, -0.15) is 11.8 Å². The summed E-state index contributed by atoms with van der Waals surface area (Å²) in [5.74, 6) is 0.202. The molecule has 0 saturated carbocycles. The van der Waals surface area contributed by atoms with Gasteiger partial charge in [0.1, 0.15) is 17.7 Å². The molecule has 0 radical (unpaired) electrons. The van der Waals surface area contributed by atoms with Crippen LogP contribution in [0, 0.1) is 6.92 Å². The number of nitrogens with zero attached hydrogens (tertiary/aromatic N) is 1. The van der Waals surface area contributed by atoms with Gasteiger partial charge >= 0.3 is 12.1 Å². The highest BCUT2D eigenvalue weighted by molar-refractivity contribution is 7.98. The highest BCUT2D eigenvalue weighted by Crippen LogP contribution is 2.44. The summed E-state index contributed by atoms with van der Waals surface area (Å²) in [5, 5.41) is 15.0. The van der Waals surface area contributed by atoms with E-state index in [4.69, 9.17) is 4.74 Å². The van der Waals surface area contributed by atoms with Crippen LogP contribution in [0.5, 0.6) is 0 Å². The zero-order chi connectivity index (χ0) is 22.5. The second-order valence-corrected chi connectivity index (χ2v) is 9.63. The quantitative estimate of drug-likeness (QED) is 0.427. The van der Waals surface area contributed by atoms with Crippen molar-refractivity contribution >= 4 is 35.2 Å². The molecule has 1 aromatic heterocycles. The number of nitrogens with one attached hydrogen (secondary N) is 1. The van der Waals surface area contributed by atoms with Gasteiger partial charge in [-0.15, -0.1) is 11.3 Å². The van der Waals surface area contributed by atoms with E-state index in [1.807, 2.05) is 48.7 Å². The lowest BCUT2D eigenvalue weighted by Gasteiger charge is -2.17. The molecule has 0 fully saturated rings. The number of thiazole rings is 1. The van der Waals surface area contributed by atoms with Crippen molar-refractivity contribution < 1.29 is 19.4 Å². The average molecular weight is 469 g/mol. The van der Waals surface area contributed by atoms with E-state index in [0.29, 0.717) is 12.2 Å². The number of benzene rings is 2. The molecule has 2 N–H and O–H groups in total. The van der Waals surface area contributed by atoms with Crippen LogP contribution < -0.4 is 5.32 Å². The summed E-state index contributed by atoms with van der Waals surface area (Å²) in [6, 6.07) is 15.2. The highest BCUT2D eigenvalue weighted by atomic mass is 32.2. The molecule has 1 aliphatic rings. The first-order valence-electron chi connectivity index (χ1n) is 10.4. The number of hydrogen-bond donors (Lipinski definition) is 2. The molecule has 0 aliphatic heterocycles. The third-order valence-electron chi connectivity index (χ3n) is 5.38. The van der Waals surface area contributed by atoms with Crippen molar-refractivity contribution in [2.75, 3.05) is 12.4 Å². The second kappa shape index (κ2) is 10.2. The van der Waals surface area contributed by atoms with Crippen LogP contribution >= 0.6 is 23.1 Å². The fourth-order valence-electron chi connectivity index (χ4n) is 3.87. The molecule has 0 spiro atoms. The van der Waals surface area contributed by atoms with Crippen LogP contribution in [-0.4, -0.2) is 40.6 Å². The van der Waals surface area contributed by atoms with Crippen LogP contribution in [0.2, 0.25) is 0 Å². The van der Waals surface area contributed by atoms with Gasteiger partial charge in [0.05, 0.1) is 0 Å². The number of aliphatic carboxylic acids is 1. The molecule has 0 saturated heterocycles. The Bertz CT molecular complexity index is 1070. The van der Waals surface area contributed by atoms with E-state index in [-0.39, 0.29) is 12.5 Å². The lowest BCUT2D eigenvalue weighted by Crippen LogP contribution is -2.41. The Labute approximate surface area is 195 Å². The third-order valence-corrected chi connectivity index (χ3v) is 7.53. The average Bonchev–Trinajstić information content (AvgIpc) is 3.35. The first-order valence-corrected chi connectivity index (χ1v) is 12.4. The van der Waals surface area contributed by atoms with Gasteiger partial charge in [0.2, 0.25) is 0 Å². The maximum atomic E-state index is 12.4. The number of carbonyl (C=O) groups excluding carboxylic acids is 1. The predicted octanol–water partition coefficient (Wildman–Crippen LogP) is 5.07. The fourth-order valence-corrected chi connectivity index (χ4v) is 5.73. The van der Waals surface area contributed by atoms with E-state index in [0.717, 1.165) is 38.7 Å². The molecule has 32 heavy (non-hydrogen) atoms. The van der Waals surface area contributed by atoms with Gasteiger partial charge in [-0.1, -0.05) is 48.5 Å². The number of alkyl carbamates (subject to hydrolysis) is 1. The molecule has 1 heterocycles. The van der Waals surface area contributed by atoms with Gasteiger partial charge in [-0.25, -0.2) is 14.6 Å². The largest absolute Gasteiger partial charge is 0.480 e. The van der Waals surface area contributed by atoms with Crippen LogP contribution in [-0.2, 0) is 15.3 Å². The second-order valence-electron chi connectivity index (χ2n) is 7.58. The van der Waals surface area contributed by atoms with E-state index >= 15 is 0 Å². The lowest BCUT2D eigenvalue weighted by molar-refractivity contribution is -0.139. The summed E-state index contributed by atoms with van der Waals surface area (Å²) in [4.78, 5) is 28.4. The molecule has 8 heteroatoms. The summed E-state index contributed by atoms with van der Waals surface area (Å²) in [5.41, 5.74) is 5.52. The molecule has 1 aliphatic carbocycles. The van der Waals surface area contributed by atoms with Gasteiger partial charge < -0.3 is 15.2 Å². The molecular weight excluding hydrogens is 444 g/mol. The van der Waals surface area contributed by atoms with Crippen LogP contribution in [0.4, 0.5) is 4.79 Å². The normalized spacial score (nSPS) is 13.3. The van der Waals surface area contributed by atoms with E-state index < -0.39 is 18.1 Å². The third kappa shape index (κ3) is 5.14. The lowest BCUT2D eigenvalue weighted by atomic mass is 9.98. The first-order chi connectivity index (χ1) is 15.5. The minimum Gasteiger partial charge on any atom is -0.480 e. The maximum Gasteiger partial charge on any atom is 0.407 e. The number of fused-ring (bicyclic) bond motifs is 3. The number of aryl methyl sites for hydroxylation is 1. The van der Waals surface area contributed by atoms with E-state index in [1.165, 1.54) is 0 Å². The van der Waals surface area contributed by atoms with Gasteiger partial charge in [-0.3, -0.25) is 0 Å². The minimum absolute atomic E-state index is 0.0614. The van der Waals surface area contributed by atoms with Crippen molar-refractivity contribution in [1.29, 1.82) is 0 Å². The summed E-state index contributed by atoms with van der Waals surface area (Å²) in [6.45, 7) is 2.10. The molecule has 2 aromatic carbocycles. The molecule has 1 atom stereocenters. The smallest absolute Gasteiger partial charge is 0.407 e. The standard InChI is InChI=1S/C24H24N2O4S2/c1-15-13-32-22(25-15)14-31-11-10-21(23(27)28)26-24(29)30-12-20-18-8-4-2-6-16(18)17-7-3-5-9-19(17)20/h2-9,13,20-21H,10-12,14H2,1H3,(H,26,29)(H,27,28). The topological polar surface area (TPSA) is 88.5 Å². The highest BCUT2D eigenvalue weighted by Gasteiger charge is 2.29. The van der Waals surface area contributed by atoms with Gasteiger partial charge in [-0.05, 0) is 41.4 Å². The van der Waals surface area contributed by atoms with Gasteiger partial charge in [0, 0.05) is 22.7 Å². The van der Waals surface area contributed by atoms with Gasteiger partial charge in [0.15, 0.2) is 0 Å². The number of carboxylic acid groups (broad SMARTS) is 1. The molecular formula is C24H24N2O4S2. The number of carboxylic acids is 1. The Kier molecular flexibility index (Phi) is 7.12. The van der Waals surface area contributed by atoms with Crippen molar-refractivity contribution in [3.8, 4) is 11.1 Å². The maximum absolute atomic E-state index is 12.4. The van der Waals surface area contributed by atoms with Crippen LogP contribution in [0.1, 0.15) is 34.2 Å². The molecule has 1 amide bonds. The number of ether oxygens (including phenoxy) is 1. The Balaban J connectivity index is 1.30. The molecule has 3 aromatic rings. The van der Waals surface area contributed by atoms with Crippen molar-refractivity contribution in [2.24, 2.45) is 0 Å². The number of hydrogen-bond acceptors (Lipinski definition) is 6. The molecule has 166 valence electrons. The first kappa shape index (κ1) is 22.4. The van der Waals surface area contributed by atoms with Crippen molar-refractivity contribution in [2.45, 2.75) is 31.1 Å². The molecule has 0 bridgehead atoms. The van der Waals surface area contributed by atoms with Crippen LogP contribution in [0.15, 0.2) is 53.9 Å². The van der Waals surface area contributed by atoms with Crippen molar-refractivity contribution in [1.82, 2.24) is 10.3 Å². The van der Waals surface area contributed by atoms with Crippen molar-refractivity contribution in [3.63, 3.8) is 0 Å². The number of aromatic nitrogens is 1. The van der Waals surface area contributed by atoms with E-state index in [1.54, 1.807) is 23.1 Å². The van der Waals surface area contributed by atoms with Crippen LogP contribution in [0.25, 0.3) is 11.1 Å². The Morgan fingerprint density at radius 3 is 2.41 bits per heavy atom. The monoisotopic (exact) mass is 468 g/mol. The predicted molar refractivity (Wildman–Crippen MR) is 127 cm³/mol. The molecule has 1 unspecified atom stereocenters. The van der Waals surface area contributed by atoms with Gasteiger partial charge in [0.25, 0.3) is 0 Å². The number of thioether (sulfide) groups is 1. The Hall–Kier alpha value is -2.84. The van der Waals surface area contributed by atoms with Crippen molar-refractivity contribution in [3.05, 3.63) is 75.7 Å². The number of carbonyl (C=O) groups is 2. The molecule has 4 rings (SSSR count). The Morgan fingerprint density at radius 1 is 1.16 bits per heavy atom. The molecule has 6 nitrogen and oxygen atoms in total. The zero-order valence-corrected chi connectivity index (χ0v) is 19.2. The van der Waals surface area contributed by atoms with E-state index in [9.17, 15) is 14.7 Å². The summed E-state index contributed by atoms with van der Waals surface area (Å²) in [6.07, 6.45) is -0.394. The van der Waals surface area contributed by atoms with Crippen LogP contribution in [0.3, 0.4) is 0 Å². The zero-order valence-electron chi connectivity index (χ0n) is 17.6. The fraction of sp³-hybridized carbons (Fsp3) is 0.292. The summed E-state index contributed by atoms with van der Waals surface area (Å²) >= 11 is 3.20. The number of rotatable bonds is 9. The SMILES string of the molecule is Cc1csc(CSCCC(NC(=O)OCC2c3ccccc3-c3ccccc32)C(=O)O)n1. The minimum atomic E-state index is -1.07. The summed E-state index contributed by atoms with van der Waals surface area (Å²) in [7, 11) is 0.